The number of rotatable bonds is 1. The zero-order chi connectivity index (χ0) is 10.7. The Kier molecular flexibility index (Phi) is 1.69. The van der Waals surface area contributed by atoms with E-state index in [1.807, 2.05) is 0 Å². The normalized spacial score (nSPS) is 37.4. The van der Waals surface area contributed by atoms with E-state index >= 15 is 0 Å². The van der Waals surface area contributed by atoms with Crippen LogP contribution in [-0.4, -0.2) is 18.1 Å². The average molecular weight is 208 g/mol. The number of nitrogens with two attached hydrogens (primary N) is 1. The Balaban J connectivity index is 2.41. The van der Waals surface area contributed by atoms with Crippen LogP contribution in [0.25, 0.3) is 0 Å². The lowest BCUT2D eigenvalue weighted by atomic mass is 10.1. The maximum absolute atomic E-state index is 13.1. The standard InChI is InChI=1S/C8H8F4N2/c9-7(10)5(13)4-2-1-3(2)8(11,12)6(4)14/h2-3,7,14H,1,13H2/t2-,3+/m0/s1. The van der Waals surface area contributed by atoms with Crippen molar-refractivity contribution in [3.8, 4) is 0 Å². The highest BCUT2D eigenvalue weighted by molar-refractivity contribution is 6.08. The highest BCUT2D eigenvalue weighted by Gasteiger charge is 2.67. The van der Waals surface area contributed by atoms with Crippen molar-refractivity contribution in [1.29, 1.82) is 5.41 Å². The molecule has 0 spiro atoms. The maximum atomic E-state index is 13.1. The molecule has 2 fully saturated rings. The summed E-state index contributed by atoms with van der Waals surface area (Å²) in [5.41, 5.74) is 2.80. The predicted octanol–water partition coefficient (Wildman–Crippen LogP) is 1.77. The number of hydrogen-bond acceptors (Lipinski definition) is 2. The second-order valence-electron chi connectivity index (χ2n) is 3.62. The van der Waals surface area contributed by atoms with Gasteiger partial charge in [0.05, 0.1) is 5.70 Å². The summed E-state index contributed by atoms with van der Waals surface area (Å²) in [6.07, 6.45) is -2.79. The molecule has 6 heteroatoms. The number of alkyl halides is 4. The molecular formula is C8H8F4N2. The van der Waals surface area contributed by atoms with Gasteiger partial charge in [0, 0.05) is 11.5 Å². The largest absolute Gasteiger partial charge is 0.397 e. The molecule has 78 valence electrons. The molecule has 2 aliphatic rings. The summed E-state index contributed by atoms with van der Waals surface area (Å²) in [5.74, 6) is -4.85. The molecule has 2 aliphatic carbocycles. The van der Waals surface area contributed by atoms with Crippen LogP contribution in [0.4, 0.5) is 17.6 Å². The third-order valence-corrected chi connectivity index (χ3v) is 2.78. The summed E-state index contributed by atoms with van der Waals surface area (Å²) in [6, 6.07) is 0. The second kappa shape index (κ2) is 2.49. The topological polar surface area (TPSA) is 49.9 Å². The lowest BCUT2D eigenvalue weighted by molar-refractivity contribution is 0.0572. The van der Waals surface area contributed by atoms with Crippen molar-refractivity contribution in [3.05, 3.63) is 11.3 Å². The minimum atomic E-state index is -3.26. The molecule has 0 heterocycles. The Morgan fingerprint density at radius 1 is 1.50 bits per heavy atom. The first-order valence-corrected chi connectivity index (χ1v) is 4.12. The molecule has 0 bridgehead atoms. The number of allylic oxidation sites excluding steroid dienone is 2. The Morgan fingerprint density at radius 2 is 2.07 bits per heavy atom. The molecular weight excluding hydrogens is 200 g/mol. The molecule has 0 radical (unpaired) electrons. The molecule has 0 aliphatic heterocycles. The van der Waals surface area contributed by atoms with Crippen LogP contribution in [0.1, 0.15) is 6.42 Å². The van der Waals surface area contributed by atoms with Crippen molar-refractivity contribution in [3.63, 3.8) is 0 Å². The fourth-order valence-electron chi connectivity index (χ4n) is 1.94. The van der Waals surface area contributed by atoms with Crippen LogP contribution >= 0.6 is 0 Å². The van der Waals surface area contributed by atoms with Crippen LogP contribution in [0, 0.1) is 17.2 Å². The monoisotopic (exact) mass is 208 g/mol. The molecule has 0 aromatic rings. The van der Waals surface area contributed by atoms with Gasteiger partial charge in [-0.05, 0) is 12.3 Å². The van der Waals surface area contributed by atoms with Gasteiger partial charge in [0.1, 0.15) is 5.71 Å². The van der Waals surface area contributed by atoms with Crippen molar-refractivity contribution < 1.29 is 17.6 Å². The average Bonchev–Trinajstić information content (AvgIpc) is 2.80. The Morgan fingerprint density at radius 3 is 2.43 bits per heavy atom. The maximum Gasteiger partial charge on any atom is 0.292 e. The number of nitrogens with one attached hydrogen (secondary N) is 1. The van der Waals surface area contributed by atoms with Crippen LogP contribution in [0.2, 0.25) is 0 Å². The van der Waals surface area contributed by atoms with Crippen LogP contribution in [0.3, 0.4) is 0 Å². The molecule has 3 N–H and O–H groups in total. The lowest BCUT2D eigenvalue weighted by Gasteiger charge is -2.13. The first-order chi connectivity index (χ1) is 6.37. The van der Waals surface area contributed by atoms with Gasteiger partial charge in [0.25, 0.3) is 12.3 Å². The lowest BCUT2D eigenvalue weighted by Crippen LogP contribution is -2.28. The summed E-state index contributed by atoms with van der Waals surface area (Å²) in [4.78, 5) is 0. The van der Waals surface area contributed by atoms with Gasteiger partial charge >= 0.3 is 0 Å². The molecule has 0 aromatic heterocycles. The highest BCUT2D eigenvalue weighted by atomic mass is 19.3. The highest BCUT2D eigenvalue weighted by Crippen LogP contribution is 2.61. The van der Waals surface area contributed by atoms with Gasteiger partial charge in [-0.1, -0.05) is 0 Å². The van der Waals surface area contributed by atoms with Gasteiger partial charge in [0.15, 0.2) is 0 Å². The Hall–Kier alpha value is -1.07. The van der Waals surface area contributed by atoms with E-state index in [1.54, 1.807) is 0 Å². The van der Waals surface area contributed by atoms with E-state index < -0.39 is 35.6 Å². The molecule has 0 aromatic carbocycles. The zero-order valence-corrected chi connectivity index (χ0v) is 7.03. The molecule has 2 atom stereocenters. The van der Waals surface area contributed by atoms with Gasteiger partial charge in [-0.2, -0.15) is 8.78 Å². The third-order valence-electron chi connectivity index (χ3n) is 2.78. The zero-order valence-electron chi connectivity index (χ0n) is 7.03. The minimum Gasteiger partial charge on any atom is -0.397 e. The van der Waals surface area contributed by atoms with Gasteiger partial charge in [-0.3, -0.25) is 5.41 Å². The summed E-state index contributed by atoms with van der Waals surface area (Å²) in [6.45, 7) is 0. The van der Waals surface area contributed by atoms with Crippen LogP contribution < -0.4 is 5.73 Å². The summed E-state index contributed by atoms with van der Waals surface area (Å²) in [7, 11) is 0. The van der Waals surface area contributed by atoms with Crippen molar-refractivity contribution in [2.45, 2.75) is 18.8 Å². The van der Waals surface area contributed by atoms with E-state index in [4.69, 9.17) is 11.1 Å². The van der Waals surface area contributed by atoms with E-state index in [0.717, 1.165) is 0 Å². The smallest absolute Gasteiger partial charge is 0.292 e. The van der Waals surface area contributed by atoms with Crippen LogP contribution in [0.15, 0.2) is 11.3 Å². The molecule has 2 nitrogen and oxygen atoms in total. The van der Waals surface area contributed by atoms with E-state index in [9.17, 15) is 17.6 Å². The van der Waals surface area contributed by atoms with E-state index in [1.165, 1.54) is 0 Å². The Labute approximate surface area is 77.3 Å². The molecule has 14 heavy (non-hydrogen) atoms. The van der Waals surface area contributed by atoms with E-state index in [2.05, 4.69) is 0 Å². The summed E-state index contributed by atoms with van der Waals surface area (Å²) < 4.78 is 50.5. The van der Waals surface area contributed by atoms with Crippen LogP contribution in [-0.2, 0) is 0 Å². The van der Waals surface area contributed by atoms with E-state index in [0.29, 0.717) is 0 Å². The molecule has 2 saturated carbocycles. The fourth-order valence-corrected chi connectivity index (χ4v) is 1.94. The molecule has 0 amide bonds. The molecule has 0 unspecified atom stereocenters. The number of fused-ring (bicyclic) bond motifs is 1. The Bertz CT molecular complexity index is 334. The molecule has 2 rings (SSSR count). The van der Waals surface area contributed by atoms with Crippen molar-refractivity contribution >= 4 is 5.71 Å². The predicted molar refractivity (Wildman–Crippen MR) is 41.5 cm³/mol. The summed E-state index contributed by atoms with van der Waals surface area (Å²) in [5, 5.41) is 7.07. The SMILES string of the molecule is N=C1C(=C(N)C(F)F)[C@H]2C[C@H]2C1(F)F. The van der Waals surface area contributed by atoms with E-state index in [-0.39, 0.29) is 12.0 Å². The van der Waals surface area contributed by atoms with Gasteiger partial charge in [-0.25, -0.2) is 8.78 Å². The molecule has 0 saturated heterocycles. The van der Waals surface area contributed by atoms with Gasteiger partial charge < -0.3 is 5.73 Å². The fraction of sp³-hybridized carbons (Fsp3) is 0.625. The minimum absolute atomic E-state index is 0.165. The number of halogens is 4. The second-order valence-corrected chi connectivity index (χ2v) is 3.62. The van der Waals surface area contributed by atoms with Crippen LogP contribution in [0.5, 0.6) is 0 Å². The van der Waals surface area contributed by atoms with Gasteiger partial charge in [0.2, 0.25) is 0 Å². The first kappa shape index (κ1) is 9.48. The third kappa shape index (κ3) is 0.994. The van der Waals surface area contributed by atoms with Gasteiger partial charge in [-0.15, -0.1) is 0 Å². The van der Waals surface area contributed by atoms with Crippen molar-refractivity contribution in [2.24, 2.45) is 17.6 Å². The number of hydrogen-bond donors (Lipinski definition) is 2. The summed E-state index contributed by atoms with van der Waals surface area (Å²) >= 11 is 0. The van der Waals surface area contributed by atoms with Crippen molar-refractivity contribution in [1.82, 2.24) is 0 Å². The first-order valence-electron chi connectivity index (χ1n) is 4.12. The quantitative estimate of drug-likeness (QED) is 0.634. The van der Waals surface area contributed by atoms with Crippen molar-refractivity contribution in [2.75, 3.05) is 0 Å².